The van der Waals surface area contributed by atoms with Gasteiger partial charge in [-0.2, -0.15) is 17.7 Å². The summed E-state index contributed by atoms with van der Waals surface area (Å²) in [6.45, 7) is 0. The molecule has 9 heteroatoms. The SMILES string of the molecule is CN(C)c1ccc(-[n+]2ccccc2)cc1.O=S(=O)([O-])C(F)(F)F. The number of alkyl halides is 3. The summed E-state index contributed by atoms with van der Waals surface area (Å²) in [4.78, 5) is 2.10. The number of rotatable bonds is 2. The first-order chi connectivity index (χ1) is 10.5. The molecule has 5 nitrogen and oxygen atoms in total. The molecule has 0 amide bonds. The van der Waals surface area contributed by atoms with Crippen LogP contribution in [0.25, 0.3) is 5.69 Å². The lowest BCUT2D eigenvalue weighted by Crippen LogP contribution is -2.28. The molecule has 0 unspecified atom stereocenters. The average Bonchev–Trinajstić information content (AvgIpc) is 2.47. The molecule has 0 saturated heterocycles. The summed E-state index contributed by atoms with van der Waals surface area (Å²) >= 11 is 0. The van der Waals surface area contributed by atoms with Gasteiger partial charge in [-0.25, -0.2) is 8.42 Å². The molecule has 23 heavy (non-hydrogen) atoms. The highest BCUT2D eigenvalue weighted by molar-refractivity contribution is 7.86. The molecular formula is C14H15F3N2O3S. The van der Waals surface area contributed by atoms with Crippen molar-refractivity contribution in [2.75, 3.05) is 19.0 Å². The van der Waals surface area contributed by atoms with Gasteiger partial charge in [-0.15, -0.1) is 0 Å². The summed E-state index contributed by atoms with van der Waals surface area (Å²) in [6, 6.07) is 14.6. The summed E-state index contributed by atoms with van der Waals surface area (Å²) in [6.07, 6.45) is 4.09. The molecule has 126 valence electrons. The lowest BCUT2D eigenvalue weighted by Gasteiger charge is -2.11. The Morgan fingerprint density at radius 1 is 1.00 bits per heavy atom. The monoisotopic (exact) mass is 348 g/mol. The van der Waals surface area contributed by atoms with Gasteiger partial charge >= 0.3 is 5.51 Å². The molecule has 0 aliphatic rings. The van der Waals surface area contributed by atoms with Gasteiger partial charge in [-0.1, -0.05) is 6.07 Å². The Kier molecular flexibility index (Phi) is 6.11. The zero-order valence-electron chi connectivity index (χ0n) is 12.4. The molecule has 1 aromatic heterocycles. The summed E-state index contributed by atoms with van der Waals surface area (Å²) in [5.74, 6) is 0. The third-order valence-electron chi connectivity index (χ3n) is 2.66. The highest BCUT2D eigenvalue weighted by Crippen LogP contribution is 2.20. The van der Waals surface area contributed by atoms with E-state index < -0.39 is 15.6 Å². The van der Waals surface area contributed by atoms with Crippen molar-refractivity contribution >= 4 is 15.8 Å². The van der Waals surface area contributed by atoms with Crippen LogP contribution in [-0.4, -0.2) is 32.6 Å². The Hall–Kier alpha value is -2.13. The van der Waals surface area contributed by atoms with Crippen LogP contribution in [-0.2, 0) is 10.1 Å². The van der Waals surface area contributed by atoms with E-state index in [0.717, 1.165) is 0 Å². The predicted octanol–water partition coefficient (Wildman–Crippen LogP) is 2.08. The number of anilines is 1. The molecule has 0 atom stereocenters. The molecular weight excluding hydrogens is 333 g/mol. The number of halogens is 3. The maximum Gasteiger partial charge on any atom is 0.485 e. The van der Waals surface area contributed by atoms with Crippen LogP contribution in [0, 0.1) is 0 Å². The number of pyridine rings is 1. The first kappa shape index (κ1) is 18.9. The van der Waals surface area contributed by atoms with Gasteiger partial charge in [0.05, 0.1) is 0 Å². The number of benzene rings is 1. The van der Waals surface area contributed by atoms with E-state index in [2.05, 4.69) is 33.7 Å². The second-order valence-corrected chi connectivity index (χ2v) is 5.96. The van der Waals surface area contributed by atoms with Crippen LogP contribution in [0.3, 0.4) is 0 Å². The van der Waals surface area contributed by atoms with Gasteiger partial charge in [-0.05, 0) is 12.1 Å². The fourth-order valence-corrected chi connectivity index (χ4v) is 1.49. The number of nitrogens with zero attached hydrogens (tertiary/aromatic N) is 2. The fraction of sp³-hybridized carbons (Fsp3) is 0.214. The zero-order valence-corrected chi connectivity index (χ0v) is 13.2. The molecule has 2 rings (SSSR count). The summed E-state index contributed by atoms with van der Waals surface area (Å²) < 4.78 is 61.0. The predicted molar refractivity (Wildman–Crippen MR) is 78.1 cm³/mol. The van der Waals surface area contributed by atoms with E-state index in [1.54, 1.807) is 0 Å². The van der Waals surface area contributed by atoms with E-state index in [9.17, 15) is 13.2 Å². The molecule has 0 fully saturated rings. The van der Waals surface area contributed by atoms with Crippen molar-refractivity contribution in [2.24, 2.45) is 0 Å². The van der Waals surface area contributed by atoms with E-state index in [0.29, 0.717) is 0 Å². The lowest BCUT2D eigenvalue weighted by atomic mass is 10.2. The first-order valence-electron chi connectivity index (χ1n) is 6.28. The fourth-order valence-electron chi connectivity index (χ4n) is 1.49. The van der Waals surface area contributed by atoms with Crippen LogP contribution in [0.2, 0.25) is 0 Å². The van der Waals surface area contributed by atoms with E-state index >= 15 is 0 Å². The Balaban J connectivity index is 0.000000284. The van der Waals surface area contributed by atoms with Crippen molar-refractivity contribution in [3.63, 3.8) is 0 Å². The minimum absolute atomic E-state index is 1.18. The average molecular weight is 348 g/mol. The molecule has 1 aromatic carbocycles. The molecule has 0 spiro atoms. The van der Waals surface area contributed by atoms with Crippen LogP contribution in [0.15, 0.2) is 54.9 Å². The molecule has 2 aromatic rings. The van der Waals surface area contributed by atoms with E-state index in [-0.39, 0.29) is 0 Å². The number of hydrogen-bond donors (Lipinski definition) is 0. The van der Waals surface area contributed by atoms with E-state index in [1.807, 2.05) is 44.7 Å². The van der Waals surface area contributed by atoms with Crippen LogP contribution >= 0.6 is 0 Å². The first-order valence-corrected chi connectivity index (χ1v) is 7.69. The Morgan fingerprint density at radius 3 is 1.78 bits per heavy atom. The van der Waals surface area contributed by atoms with Crippen molar-refractivity contribution in [1.29, 1.82) is 0 Å². The van der Waals surface area contributed by atoms with Gasteiger partial charge in [0.1, 0.15) is 0 Å². The summed E-state index contributed by atoms with van der Waals surface area (Å²) in [5.41, 5.74) is -3.25. The molecule has 0 N–H and O–H groups in total. The van der Waals surface area contributed by atoms with Gasteiger partial charge in [0.15, 0.2) is 22.5 Å². The van der Waals surface area contributed by atoms with Gasteiger partial charge in [0, 0.05) is 44.0 Å². The highest BCUT2D eigenvalue weighted by atomic mass is 32.2. The van der Waals surface area contributed by atoms with Crippen LogP contribution in [0.5, 0.6) is 0 Å². The largest absolute Gasteiger partial charge is 0.741 e. The summed E-state index contributed by atoms with van der Waals surface area (Å²) in [5, 5.41) is 0. The van der Waals surface area contributed by atoms with Gasteiger partial charge in [0.2, 0.25) is 5.69 Å². The quantitative estimate of drug-likeness (QED) is 0.474. The lowest BCUT2D eigenvalue weighted by molar-refractivity contribution is -0.595. The second kappa shape index (κ2) is 7.42. The number of aromatic nitrogens is 1. The maximum atomic E-state index is 10.7. The van der Waals surface area contributed by atoms with Crippen molar-refractivity contribution in [1.82, 2.24) is 0 Å². The van der Waals surface area contributed by atoms with Crippen molar-refractivity contribution in [3.05, 3.63) is 54.9 Å². The third kappa shape index (κ3) is 5.87. The zero-order chi connectivity index (χ0) is 17.7. The molecule has 0 saturated carbocycles. The highest BCUT2D eigenvalue weighted by Gasteiger charge is 2.36. The molecule has 0 aliphatic carbocycles. The van der Waals surface area contributed by atoms with Crippen LogP contribution in [0.4, 0.5) is 18.9 Å². The third-order valence-corrected chi connectivity index (χ3v) is 3.23. The minimum Gasteiger partial charge on any atom is -0.741 e. The van der Waals surface area contributed by atoms with Crippen LogP contribution < -0.4 is 9.47 Å². The van der Waals surface area contributed by atoms with Crippen LogP contribution in [0.1, 0.15) is 0 Å². The second-order valence-electron chi connectivity index (χ2n) is 4.59. The molecule has 1 heterocycles. The van der Waals surface area contributed by atoms with Gasteiger partial charge in [-0.3, -0.25) is 0 Å². The van der Waals surface area contributed by atoms with Crippen molar-refractivity contribution < 1.29 is 30.7 Å². The smallest absolute Gasteiger partial charge is 0.485 e. The number of hydrogen-bond acceptors (Lipinski definition) is 4. The minimum atomic E-state index is -6.09. The maximum absolute atomic E-state index is 10.7. The van der Waals surface area contributed by atoms with E-state index in [4.69, 9.17) is 13.0 Å². The standard InChI is InChI=1S/C13H15N2.CHF3O3S/c1-14(2)12-6-8-13(9-7-12)15-10-4-3-5-11-15;2-1(3,4)8(5,6)7/h3-11H,1-2H3;(H,5,6,7)/q+1;/p-1. The normalized spacial score (nSPS) is 11.4. The molecule has 0 radical (unpaired) electrons. The Labute approximate surface area is 132 Å². The topological polar surface area (TPSA) is 64.3 Å². The molecule has 0 bridgehead atoms. The Morgan fingerprint density at radius 2 is 1.43 bits per heavy atom. The Bertz CT molecular complexity index is 715. The van der Waals surface area contributed by atoms with E-state index in [1.165, 1.54) is 11.4 Å². The molecule has 0 aliphatic heterocycles. The summed E-state index contributed by atoms with van der Waals surface area (Å²) in [7, 11) is -2.00. The van der Waals surface area contributed by atoms with Gasteiger partial charge in [0.25, 0.3) is 0 Å². The van der Waals surface area contributed by atoms with Crippen molar-refractivity contribution in [2.45, 2.75) is 5.51 Å². The van der Waals surface area contributed by atoms with Gasteiger partial charge < -0.3 is 9.45 Å². The van der Waals surface area contributed by atoms with Crippen molar-refractivity contribution in [3.8, 4) is 5.69 Å².